The summed E-state index contributed by atoms with van der Waals surface area (Å²) in [6, 6.07) is 7.86. The van der Waals surface area contributed by atoms with Gasteiger partial charge in [-0.1, -0.05) is 6.92 Å². The molecule has 1 atom stereocenters. The molecule has 0 aliphatic heterocycles. The minimum absolute atomic E-state index is 0.289. The van der Waals surface area contributed by atoms with Crippen molar-refractivity contribution in [1.29, 1.82) is 0 Å². The van der Waals surface area contributed by atoms with Gasteiger partial charge in [0.15, 0.2) is 0 Å². The van der Waals surface area contributed by atoms with E-state index in [2.05, 4.69) is 13.0 Å². The highest BCUT2D eigenvalue weighted by Crippen LogP contribution is 2.55. The van der Waals surface area contributed by atoms with Crippen molar-refractivity contribution in [3.05, 3.63) is 41.1 Å². The Hall–Kier alpha value is -1.90. The molecule has 0 radical (unpaired) electrons. The quantitative estimate of drug-likeness (QED) is 0.788. The summed E-state index contributed by atoms with van der Waals surface area (Å²) < 4.78 is 4.81. The Balaban J connectivity index is 1.73. The van der Waals surface area contributed by atoms with Crippen molar-refractivity contribution >= 4 is 16.9 Å². The highest BCUT2D eigenvalue weighted by molar-refractivity contribution is 5.94. The number of ether oxygens (including phenoxy) is 1. The average Bonchev–Trinajstić information content (AvgIpc) is 3.30. The van der Waals surface area contributed by atoms with E-state index in [1.165, 1.54) is 37.6 Å². The number of esters is 1. The van der Waals surface area contributed by atoms with Crippen LogP contribution in [0.3, 0.4) is 0 Å². The molecule has 1 aromatic carbocycles. The maximum Gasteiger partial charge on any atom is 0.337 e. The molecule has 0 amide bonds. The van der Waals surface area contributed by atoms with Crippen LogP contribution in [0.15, 0.2) is 24.3 Å². The van der Waals surface area contributed by atoms with E-state index < -0.39 is 0 Å². The van der Waals surface area contributed by atoms with Gasteiger partial charge in [0.2, 0.25) is 0 Å². The van der Waals surface area contributed by atoms with E-state index in [0.717, 1.165) is 29.7 Å². The molecule has 3 nitrogen and oxygen atoms in total. The van der Waals surface area contributed by atoms with Crippen molar-refractivity contribution in [2.45, 2.75) is 39.0 Å². The van der Waals surface area contributed by atoms with Crippen LogP contribution in [0.2, 0.25) is 0 Å². The van der Waals surface area contributed by atoms with Crippen LogP contribution in [-0.4, -0.2) is 18.1 Å². The Labute approximate surface area is 130 Å². The molecule has 114 valence electrons. The Morgan fingerprint density at radius 3 is 2.86 bits per heavy atom. The van der Waals surface area contributed by atoms with Crippen molar-refractivity contribution in [1.82, 2.24) is 4.98 Å². The van der Waals surface area contributed by atoms with E-state index >= 15 is 0 Å². The topological polar surface area (TPSA) is 39.2 Å². The van der Waals surface area contributed by atoms with Gasteiger partial charge in [-0.15, -0.1) is 0 Å². The second-order valence-corrected chi connectivity index (χ2v) is 7.09. The molecule has 0 saturated heterocycles. The maximum atomic E-state index is 11.7. The Kier molecular flexibility index (Phi) is 3.00. The molecule has 1 heterocycles. The summed E-state index contributed by atoms with van der Waals surface area (Å²) in [7, 11) is 1.42. The van der Waals surface area contributed by atoms with Crippen LogP contribution in [0.25, 0.3) is 10.9 Å². The van der Waals surface area contributed by atoms with Gasteiger partial charge in [0.25, 0.3) is 0 Å². The zero-order valence-corrected chi connectivity index (χ0v) is 13.2. The minimum Gasteiger partial charge on any atom is -0.465 e. The molecule has 1 saturated carbocycles. The van der Waals surface area contributed by atoms with Gasteiger partial charge in [-0.3, -0.25) is 4.98 Å². The fourth-order valence-electron chi connectivity index (χ4n) is 3.78. The molecule has 2 aromatic rings. The Morgan fingerprint density at radius 1 is 1.32 bits per heavy atom. The third-order valence-electron chi connectivity index (χ3n) is 5.62. The second-order valence-electron chi connectivity index (χ2n) is 7.09. The number of nitrogens with zero attached hydrogens (tertiary/aromatic N) is 1. The molecule has 1 aromatic heterocycles. The summed E-state index contributed by atoms with van der Waals surface area (Å²) in [5, 5.41) is 1.04. The lowest BCUT2D eigenvalue weighted by atomic mass is 9.77. The first-order chi connectivity index (χ1) is 10.6. The lowest BCUT2D eigenvalue weighted by Crippen LogP contribution is -2.22. The molecule has 1 fully saturated rings. The first kappa shape index (κ1) is 13.7. The van der Waals surface area contributed by atoms with Crippen LogP contribution in [0, 0.1) is 11.3 Å². The van der Waals surface area contributed by atoms with Gasteiger partial charge >= 0.3 is 5.97 Å². The summed E-state index contributed by atoms with van der Waals surface area (Å²) in [6.45, 7) is 2.42. The van der Waals surface area contributed by atoms with Gasteiger partial charge < -0.3 is 4.74 Å². The molecular weight excluding hydrogens is 274 g/mol. The van der Waals surface area contributed by atoms with Gasteiger partial charge in [-0.25, -0.2) is 4.79 Å². The smallest absolute Gasteiger partial charge is 0.337 e. The minimum atomic E-state index is -0.289. The second kappa shape index (κ2) is 4.80. The van der Waals surface area contributed by atoms with E-state index in [0.29, 0.717) is 11.0 Å². The van der Waals surface area contributed by atoms with Gasteiger partial charge in [0.1, 0.15) is 0 Å². The number of hydrogen-bond donors (Lipinski definition) is 0. The number of carbonyl (C=O) groups is 1. The zero-order chi connectivity index (χ0) is 15.3. The number of aryl methyl sites for hydroxylation is 1. The third kappa shape index (κ3) is 2.20. The van der Waals surface area contributed by atoms with Gasteiger partial charge in [-0.2, -0.15) is 0 Å². The van der Waals surface area contributed by atoms with Crippen molar-refractivity contribution in [2.75, 3.05) is 7.11 Å². The highest BCUT2D eigenvalue weighted by atomic mass is 16.5. The van der Waals surface area contributed by atoms with E-state index in [9.17, 15) is 4.79 Å². The monoisotopic (exact) mass is 295 g/mol. The first-order valence-corrected chi connectivity index (χ1v) is 8.10. The molecule has 0 unspecified atom stereocenters. The lowest BCUT2D eigenvalue weighted by Gasteiger charge is -2.29. The number of benzene rings is 1. The zero-order valence-electron chi connectivity index (χ0n) is 13.2. The maximum absolute atomic E-state index is 11.7. The Bertz CT molecular complexity index is 761. The van der Waals surface area contributed by atoms with Crippen LogP contribution < -0.4 is 0 Å². The molecule has 2 aliphatic rings. The van der Waals surface area contributed by atoms with E-state index in [-0.39, 0.29) is 5.97 Å². The number of aromatic nitrogens is 1. The molecule has 0 spiro atoms. The van der Waals surface area contributed by atoms with Crippen molar-refractivity contribution in [2.24, 2.45) is 11.3 Å². The number of rotatable bonds is 2. The summed E-state index contributed by atoms with van der Waals surface area (Å²) in [4.78, 5) is 16.5. The molecule has 2 aliphatic carbocycles. The summed E-state index contributed by atoms with van der Waals surface area (Å²) in [5.74, 6) is 0.506. The SMILES string of the molecule is COC(=O)c1ccc2nc3c(cc2c1)C[C@H](C1(C)CC1)CC3. The van der Waals surface area contributed by atoms with Gasteiger partial charge in [-0.05, 0) is 73.3 Å². The number of carbonyl (C=O) groups excluding carboxylic acids is 1. The number of methoxy groups -OCH3 is 1. The van der Waals surface area contributed by atoms with Crippen molar-refractivity contribution < 1.29 is 9.53 Å². The normalized spacial score (nSPS) is 22.2. The Morgan fingerprint density at radius 2 is 2.14 bits per heavy atom. The summed E-state index contributed by atoms with van der Waals surface area (Å²) in [5.41, 5.74) is 4.76. The molecule has 3 heteroatoms. The number of pyridine rings is 1. The van der Waals surface area contributed by atoms with Crippen LogP contribution in [0.4, 0.5) is 0 Å². The van der Waals surface area contributed by atoms with Gasteiger partial charge in [0.05, 0.1) is 18.2 Å². The van der Waals surface area contributed by atoms with Crippen LogP contribution in [0.5, 0.6) is 0 Å². The van der Waals surface area contributed by atoms with E-state index in [1.807, 2.05) is 12.1 Å². The van der Waals surface area contributed by atoms with E-state index in [4.69, 9.17) is 9.72 Å². The van der Waals surface area contributed by atoms with Crippen molar-refractivity contribution in [3.63, 3.8) is 0 Å². The van der Waals surface area contributed by atoms with Crippen LogP contribution in [-0.2, 0) is 17.6 Å². The molecule has 0 bridgehead atoms. The number of hydrogen-bond acceptors (Lipinski definition) is 3. The molecule has 22 heavy (non-hydrogen) atoms. The molecule has 0 N–H and O–H groups in total. The standard InChI is InChI=1S/C19H21NO2/c1-19(7-8-19)15-4-6-17-14(11-15)10-13-9-12(18(21)22-2)3-5-16(13)20-17/h3,5,9-10,15H,4,6-8,11H2,1-2H3/t15-/m1/s1. The first-order valence-electron chi connectivity index (χ1n) is 8.10. The largest absolute Gasteiger partial charge is 0.465 e. The van der Waals surface area contributed by atoms with Gasteiger partial charge in [0, 0.05) is 11.1 Å². The highest BCUT2D eigenvalue weighted by Gasteiger charge is 2.45. The summed E-state index contributed by atoms with van der Waals surface area (Å²) in [6.07, 6.45) is 6.24. The summed E-state index contributed by atoms with van der Waals surface area (Å²) >= 11 is 0. The third-order valence-corrected chi connectivity index (χ3v) is 5.62. The fourth-order valence-corrected chi connectivity index (χ4v) is 3.78. The van der Waals surface area contributed by atoms with Crippen molar-refractivity contribution in [3.8, 4) is 0 Å². The average molecular weight is 295 g/mol. The van der Waals surface area contributed by atoms with E-state index in [1.54, 1.807) is 6.07 Å². The van der Waals surface area contributed by atoms with Crippen LogP contribution in [0.1, 0.15) is 47.8 Å². The lowest BCUT2D eigenvalue weighted by molar-refractivity contribution is 0.0601. The fraction of sp³-hybridized carbons (Fsp3) is 0.474. The predicted molar refractivity (Wildman–Crippen MR) is 85.9 cm³/mol. The van der Waals surface area contributed by atoms with Crippen LogP contribution >= 0.6 is 0 Å². The predicted octanol–water partition coefficient (Wildman–Crippen LogP) is 3.93. The number of fused-ring (bicyclic) bond motifs is 2. The molecule has 4 rings (SSSR count). The molecular formula is C19H21NO2.